The van der Waals surface area contributed by atoms with Crippen LogP contribution in [0.3, 0.4) is 0 Å². The zero-order chi connectivity index (χ0) is 20.1. The molecule has 144 valence electrons. The van der Waals surface area contributed by atoms with Crippen LogP contribution in [0.1, 0.15) is 5.56 Å². The van der Waals surface area contributed by atoms with Crippen LogP contribution >= 0.6 is 0 Å². The van der Waals surface area contributed by atoms with Crippen molar-refractivity contribution >= 4 is 5.82 Å². The van der Waals surface area contributed by atoms with Crippen molar-refractivity contribution in [1.29, 1.82) is 0 Å². The van der Waals surface area contributed by atoms with Gasteiger partial charge in [0.25, 0.3) is 0 Å². The predicted octanol–water partition coefficient (Wildman–Crippen LogP) is 4.36. The van der Waals surface area contributed by atoms with Gasteiger partial charge < -0.3 is 10.1 Å². The highest BCUT2D eigenvalue weighted by Crippen LogP contribution is 2.27. The van der Waals surface area contributed by atoms with E-state index in [-0.39, 0.29) is 5.82 Å². The smallest absolute Gasteiger partial charge is 0.202 e. The number of benzene rings is 2. The van der Waals surface area contributed by atoms with E-state index in [2.05, 4.69) is 25.5 Å². The van der Waals surface area contributed by atoms with E-state index >= 15 is 0 Å². The molecular weight excluding hydrogens is 369 g/mol. The zero-order valence-corrected chi connectivity index (χ0v) is 15.7. The number of ether oxygens (including phenoxy) is 1. The van der Waals surface area contributed by atoms with Crippen molar-refractivity contribution in [3.8, 4) is 28.5 Å². The largest absolute Gasteiger partial charge is 0.497 e. The Balaban J connectivity index is 1.69. The summed E-state index contributed by atoms with van der Waals surface area (Å²) < 4.78 is 18.4. The summed E-state index contributed by atoms with van der Waals surface area (Å²) in [5, 5.41) is 11.9. The molecule has 0 radical (unpaired) electrons. The first-order valence-electron chi connectivity index (χ1n) is 9.02. The Bertz CT molecular complexity index is 1090. The number of anilines is 1. The first-order valence-corrected chi connectivity index (χ1v) is 9.02. The molecule has 0 aliphatic carbocycles. The molecule has 2 heterocycles. The fraction of sp³-hybridized carbons (Fsp3) is 0.0909. The van der Waals surface area contributed by atoms with Gasteiger partial charge in [0.2, 0.25) is 5.82 Å². The fourth-order valence-corrected chi connectivity index (χ4v) is 2.78. The second kappa shape index (κ2) is 8.43. The summed E-state index contributed by atoms with van der Waals surface area (Å²) in [5.41, 5.74) is 3.01. The second-order valence-corrected chi connectivity index (χ2v) is 6.26. The third-order valence-electron chi connectivity index (χ3n) is 4.32. The SMILES string of the molecule is COc1ccc(-c2nnc(-c3ccccn3)nc2NCc2ccc(F)cc2)cc1. The van der Waals surface area contributed by atoms with Crippen LogP contribution in [0.15, 0.2) is 72.9 Å². The van der Waals surface area contributed by atoms with Gasteiger partial charge in [-0.25, -0.2) is 9.37 Å². The highest BCUT2D eigenvalue weighted by molar-refractivity contribution is 5.72. The number of aromatic nitrogens is 4. The molecule has 7 heteroatoms. The van der Waals surface area contributed by atoms with E-state index in [1.807, 2.05) is 42.5 Å². The lowest BCUT2D eigenvalue weighted by Crippen LogP contribution is -2.07. The molecule has 2 aromatic carbocycles. The number of rotatable bonds is 6. The maximum absolute atomic E-state index is 13.2. The van der Waals surface area contributed by atoms with Gasteiger partial charge in [-0.15, -0.1) is 10.2 Å². The van der Waals surface area contributed by atoms with Crippen LogP contribution in [0.4, 0.5) is 10.2 Å². The maximum Gasteiger partial charge on any atom is 0.202 e. The summed E-state index contributed by atoms with van der Waals surface area (Å²) in [4.78, 5) is 8.93. The predicted molar refractivity (Wildman–Crippen MR) is 109 cm³/mol. The summed E-state index contributed by atoms with van der Waals surface area (Å²) in [6, 6.07) is 19.3. The van der Waals surface area contributed by atoms with Gasteiger partial charge in [-0.1, -0.05) is 18.2 Å². The molecule has 0 saturated heterocycles. The Hall–Kier alpha value is -3.87. The van der Waals surface area contributed by atoms with Crippen molar-refractivity contribution in [3.05, 3.63) is 84.3 Å². The fourth-order valence-electron chi connectivity index (χ4n) is 2.78. The molecule has 4 aromatic rings. The standard InChI is InChI=1S/C22H18FN5O/c1-29-18-11-7-16(8-12-18)20-22(25-14-15-5-9-17(23)10-6-15)26-21(28-27-20)19-4-2-3-13-24-19/h2-13H,14H2,1H3,(H,25,26,28). The van der Waals surface area contributed by atoms with Gasteiger partial charge >= 0.3 is 0 Å². The molecule has 0 aliphatic heterocycles. The molecule has 29 heavy (non-hydrogen) atoms. The average molecular weight is 387 g/mol. The maximum atomic E-state index is 13.2. The van der Waals surface area contributed by atoms with Crippen molar-refractivity contribution in [2.45, 2.75) is 6.54 Å². The molecule has 0 unspecified atom stereocenters. The minimum atomic E-state index is -0.270. The molecule has 0 amide bonds. The Labute approximate surface area is 167 Å². The Morgan fingerprint density at radius 3 is 2.41 bits per heavy atom. The van der Waals surface area contributed by atoms with Crippen LogP contribution < -0.4 is 10.1 Å². The van der Waals surface area contributed by atoms with Crippen LogP contribution in [0.2, 0.25) is 0 Å². The van der Waals surface area contributed by atoms with Crippen molar-refractivity contribution in [3.63, 3.8) is 0 Å². The third-order valence-corrected chi connectivity index (χ3v) is 4.32. The van der Waals surface area contributed by atoms with E-state index < -0.39 is 0 Å². The van der Waals surface area contributed by atoms with E-state index in [0.29, 0.717) is 29.6 Å². The van der Waals surface area contributed by atoms with Crippen molar-refractivity contribution in [1.82, 2.24) is 20.2 Å². The molecule has 0 spiro atoms. The monoisotopic (exact) mass is 387 g/mol. The van der Waals surface area contributed by atoms with E-state index in [1.54, 1.807) is 25.4 Å². The normalized spacial score (nSPS) is 10.6. The van der Waals surface area contributed by atoms with Crippen molar-refractivity contribution < 1.29 is 9.13 Å². The Morgan fingerprint density at radius 1 is 0.931 bits per heavy atom. The first-order chi connectivity index (χ1) is 14.2. The van der Waals surface area contributed by atoms with Crippen molar-refractivity contribution in [2.75, 3.05) is 12.4 Å². The number of halogens is 1. The molecule has 1 N–H and O–H groups in total. The molecule has 6 nitrogen and oxygen atoms in total. The van der Waals surface area contributed by atoms with Gasteiger partial charge in [0, 0.05) is 18.3 Å². The molecule has 0 aliphatic rings. The summed E-state index contributed by atoms with van der Waals surface area (Å²) in [7, 11) is 1.62. The summed E-state index contributed by atoms with van der Waals surface area (Å²) >= 11 is 0. The van der Waals surface area contributed by atoms with Crippen LogP contribution in [-0.4, -0.2) is 27.3 Å². The lowest BCUT2D eigenvalue weighted by molar-refractivity contribution is 0.415. The number of nitrogens with zero attached hydrogens (tertiary/aromatic N) is 4. The average Bonchev–Trinajstić information content (AvgIpc) is 2.79. The Morgan fingerprint density at radius 2 is 1.72 bits per heavy atom. The summed E-state index contributed by atoms with van der Waals surface area (Å²) in [6.45, 7) is 0.462. The molecule has 0 atom stereocenters. The van der Waals surface area contributed by atoms with Gasteiger partial charge in [-0.2, -0.15) is 0 Å². The lowest BCUT2D eigenvalue weighted by atomic mass is 10.1. The minimum Gasteiger partial charge on any atom is -0.497 e. The molecule has 2 aromatic heterocycles. The minimum absolute atomic E-state index is 0.270. The van der Waals surface area contributed by atoms with Crippen molar-refractivity contribution in [2.24, 2.45) is 0 Å². The zero-order valence-electron chi connectivity index (χ0n) is 15.7. The van der Waals surface area contributed by atoms with Gasteiger partial charge in [-0.05, 0) is 54.1 Å². The van der Waals surface area contributed by atoms with Gasteiger partial charge in [0.05, 0.1) is 7.11 Å². The van der Waals surface area contributed by atoms with Crippen LogP contribution in [0.25, 0.3) is 22.8 Å². The highest BCUT2D eigenvalue weighted by atomic mass is 19.1. The molecule has 0 saturated carbocycles. The number of nitrogens with one attached hydrogen (secondary N) is 1. The summed E-state index contributed by atoms with van der Waals surface area (Å²) in [6.07, 6.45) is 1.68. The highest BCUT2D eigenvalue weighted by Gasteiger charge is 2.13. The van der Waals surface area contributed by atoms with Crippen LogP contribution in [0.5, 0.6) is 5.75 Å². The molecule has 4 rings (SSSR count). The van der Waals surface area contributed by atoms with E-state index in [9.17, 15) is 4.39 Å². The summed E-state index contributed by atoms with van der Waals surface area (Å²) in [5.74, 6) is 1.47. The van der Waals surface area contributed by atoms with Crippen LogP contribution in [0, 0.1) is 5.82 Å². The van der Waals surface area contributed by atoms with E-state index in [0.717, 1.165) is 16.9 Å². The number of methoxy groups -OCH3 is 1. The van der Waals surface area contributed by atoms with Gasteiger partial charge in [0.1, 0.15) is 23.0 Å². The number of hydrogen-bond acceptors (Lipinski definition) is 6. The van der Waals surface area contributed by atoms with Gasteiger partial charge in [-0.3, -0.25) is 4.98 Å². The van der Waals surface area contributed by atoms with Gasteiger partial charge in [0.15, 0.2) is 5.82 Å². The lowest BCUT2D eigenvalue weighted by Gasteiger charge is -2.12. The number of hydrogen-bond donors (Lipinski definition) is 1. The quantitative estimate of drug-likeness (QED) is 0.530. The van der Waals surface area contributed by atoms with E-state index in [1.165, 1.54) is 12.1 Å². The number of pyridine rings is 1. The van der Waals surface area contributed by atoms with E-state index in [4.69, 9.17) is 4.74 Å². The molecule has 0 fully saturated rings. The van der Waals surface area contributed by atoms with Crippen LogP contribution in [-0.2, 0) is 6.54 Å². The molecular formula is C22H18FN5O. The Kier molecular flexibility index (Phi) is 5.38. The topological polar surface area (TPSA) is 72.8 Å². The third kappa shape index (κ3) is 4.35. The first kappa shape index (κ1) is 18.5. The molecule has 0 bridgehead atoms. The second-order valence-electron chi connectivity index (χ2n) is 6.26.